The average molecular weight is 1870 g/mol. The van der Waals surface area contributed by atoms with E-state index in [9.17, 15) is 126 Å². The number of aliphatic carboxylic acids is 3. The number of benzene rings is 3. The Hall–Kier alpha value is -15.6. The molecule has 15 atom stereocenters. The SMILES string of the molecule is CC[C@H](C)[C@H](NC(=O)[C@H](CCC(=O)O)NC(=O)[C@H](C)NC(=O)[C@H](C)NC(=O)[C@H](C)NC(=O)[C@H](C)NC(=O)[C@H](Cc1c[nH]cn1)NC(=O)[C@@H](NC(=O)[C@H](C)NC(=O)[C@H](CCC(N)=O)NC(=O)c1ccc2c(c1)C1(OC2=O)c2ccc(O)cc2Oc2cc(O)ccc21)C(C)C)C(=O)N[C@@H](CC(N)=O)C(=O)N[C@@H](CCC(=O)O)C(=O)N[C@@H](C)C(=O)NCC(=O)N[C@@H](CCCNC(=N)N)C(=O)O. The molecule has 3 aromatic carbocycles. The summed E-state index contributed by atoms with van der Waals surface area (Å²) in [4.78, 5) is 287. The van der Waals surface area contributed by atoms with Gasteiger partial charge >= 0.3 is 23.9 Å². The summed E-state index contributed by atoms with van der Waals surface area (Å²) in [6, 6.07) is -10.2. The predicted molar refractivity (Wildman–Crippen MR) is 461 cm³/mol. The van der Waals surface area contributed by atoms with E-state index in [1.165, 1.54) is 102 Å². The molecule has 2 aliphatic rings. The van der Waals surface area contributed by atoms with Crippen molar-refractivity contribution in [1.82, 2.24) is 95.0 Å². The molecule has 0 saturated heterocycles. The molecule has 0 aliphatic carbocycles. The van der Waals surface area contributed by atoms with E-state index in [2.05, 4.69) is 95.0 Å². The van der Waals surface area contributed by atoms with E-state index in [1.54, 1.807) is 20.8 Å². The normalized spacial score (nSPS) is 15.3. The Morgan fingerprint density at radius 2 is 0.895 bits per heavy atom. The van der Waals surface area contributed by atoms with E-state index in [1.807, 2.05) is 0 Å². The summed E-state index contributed by atoms with van der Waals surface area (Å²) < 4.78 is 12.1. The van der Waals surface area contributed by atoms with Gasteiger partial charge in [0.2, 0.25) is 94.5 Å². The van der Waals surface area contributed by atoms with Gasteiger partial charge in [0, 0.05) is 72.8 Å². The van der Waals surface area contributed by atoms with Crippen LogP contribution in [-0.4, -0.2) is 263 Å². The number of nitrogens with zero attached hydrogens (tertiary/aromatic N) is 1. The molecule has 133 heavy (non-hydrogen) atoms. The number of nitrogens with two attached hydrogens (primary N) is 3. The summed E-state index contributed by atoms with van der Waals surface area (Å²) in [6.07, 6.45) is -2.17. The number of primary amides is 2. The van der Waals surface area contributed by atoms with Crippen LogP contribution in [0.4, 0.5) is 0 Å². The van der Waals surface area contributed by atoms with Crippen LogP contribution in [-0.2, 0) is 108 Å². The van der Waals surface area contributed by atoms with Gasteiger partial charge in [-0.25, -0.2) is 14.6 Å². The van der Waals surface area contributed by atoms with Crippen molar-refractivity contribution in [2.45, 2.75) is 230 Å². The maximum atomic E-state index is 14.3. The lowest BCUT2D eigenvalue weighted by atomic mass is 9.77. The van der Waals surface area contributed by atoms with Gasteiger partial charge in [-0.15, -0.1) is 0 Å². The molecule has 0 radical (unpaired) electrons. The number of phenolic OH excluding ortho intramolecular Hbond substituents is 2. The molecule has 0 bridgehead atoms. The van der Waals surface area contributed by atoms with Crippen molar-refractivity contribution in [3.8, 4) is 23.0 Å². The van der Waals surface area contributed by atoms with Gasteiger partial charge in [-0.2, -0.15) is 0 Å². The molecule has 1 aromatic heterocycles. The van der Waals surface area contributed by atoms with E-state index in [0.717, 1.165) is 13.8 Å². The van der Waals surface area contributed by atoms with Crippen LogP contribution in [0, 0.1) is 17.2 Å². The number of amides is 17. The van der Waals surface area contributed by atoms with Crippen LogP contribution < -0.4 is 107 Å². The number of carbonyl (C=O) groups is 21. The van der Waals surface area contributed by atoms with Gasteiger partial charge in [0.25, 0.3) is 5.91 Å². The van der Waals surface area contributed by atoms with E-state index in [0.29, 0.717) is 0 Å². The molecule has 6 rings (SSSR count). The first-order valence-corrected chi connectivity index (χ1v) is 42.0. The monoisotopic (exact) mass is 1860 g/mol. The van der Waals surface area contributed by atoms with Crippen molar-refractivity contribution >= 4 is 130 Å². The number of phenols is 2. The number of imidazole rings is 1. The zero-order chi connectivity index (χ0) is 99.3. The fourth-order valence-electron chi connectivity index (χ4n) is 13.5. The van der Waals surface area contributed by atoms with E-state index in [4.69, 9.17) is 32.1 Å². The number of carboxylic acid groups (broad SMARTS) is 3. The second kappa shape index (κ2) is 48.7. The third-order valence-electron chi connectivity index (χ3n) is 21.1. The van der Waals surface area contributed by atoms with E-state index >= 15 is 0 Å². The molecule has 0 saturated carbocycles. The third kappa shape index (κ3) is 30.8. The number of carbonyl (C=O) groups excluding carboxylic acids is 18. The number of hydrogen-bond donors (Lipinski definition) is 26. The number of hydrogen-bond acceptors (Lipinski definition) is 27. The van der Waals surface area contributed by atoms with Crippen LogP contribution in [0.1, 0.15) is 177 Å². The fraction of sp³-hybridized carbons (Fsp3) is 0.482. The smallest absolute Gasteiger partial charge is 0.340 e. The van der Waals surface area contributed by atoms with Gasteiger partial charge in [-0.1, -0.05) is 34.1 Å². The number of fused-ring (bicyclic) bond motifs is 6. The number of aromatic hydroxyl groups is 2. The zero-order valence-corrected chi connectivity index (χ0v) is 74.1. The van der Waals surface area contributed by atoms with Crippen molar-refractivity contribution in [2.75, 3.05) is 13.1 Å². The lowest BCUT2D eigenvalue weighted by Gasteiger charge is -2.36. The standard InChI is InChI=1S/C83H112N22O28/c1-11-36(4)65(79(128)103-56(31-60(85)109)77(126)101-52(21-24-62(111)112)74(123)95-37(5)66(115)90-33-61(110)98-54(80(129)130)13-12-26-89-82(86)87)105-75(124)53(22-25-63(113)114)99-70(119)41(9)94-68(117)39(7)92-67(116)38(6)93-69(118)40(8)97-76(125)55(28-44-32-88-34-91-44)102-78(127)64(35(2)3)104-71(120)42(10)96-73(122)51(20-23-59(84)108)100-72(121)43-14-17-47-50(27-43)83(133-81(47)131)48-18-15-45(106)29-57(48)132-58-30-46(107)16-19-49(58)83/h14-19,27,29-30,32,34-42,51-56,64-65,106-107H,11-13,20-26,28,31,33H2,1-10H3,(H2,84,108)(H2,85,109)(H,88,91)(H,90,115)(H,92,116)(H,93,118)(H,94,117)(H,95,123)(H,96,122)(H,97,125)(H,98,110)(H,99,119)(H,100,121)(H,101,126)(H,102,127)(H,103,128)(H,104,120)(H,105,124)(H,111,112)(H,113,114)(H,129,130)(H4,86,87,89)/t36-,37-,38-,39-,40-,41-,42-,51-,52-,53-,54-,55-,56-,64-,65-/m0/s1. The number of aromatic nitrogens is 2. The molecule has 0 fully saturated rings. The van der Waals surface area contributed by atoms with E-state index in [-0.39, 0.29) is 101 Å². The topological polar surface area (TPSA) is 801 Å². The van der Waals surface area contributed by atoms with Crippen molar-refractivity contribution in [1.29, 1.82) is 5.41 Å². The first-order chi connectivity index (χ1) is 62.4. The van der Waals surface area contributed by atoms with Crippen molar-refractivity contribution in [3.63, 3.8) is 0 Å². The molecule has 0 unspecified atom stereocenters. The number of rotatable bonds is 51. The van der Waals surface area contributed by atoms with Crippen LogP contribution >= 0.6 is 0 Å². The first-order valence-electron chi connectivity index (χ1n) is 42.0. The maximum Gasteiger partial charge on any atom is 0.340 e. The Morgan fingerprint density at radius 3 is 1.37 bits per heavy atom. The molecule has 17 amide bonds. The number of H-pyrrole nitrogens is 1. The highest BCUT2D eigenvalue weighted by Crippen LogP contribution is 2.57. The van der Waals surface area contributed by atoms with Gasteiger partial charge < -0.3 is 142 Å². The van der Waals surface area contributed by atoms with E-state index < -0.39 is 271 Å². The largest absolute Gasteiger partial charge is 0.508 e. The Balaban J connectivity index is 1.03. The lowest BCUT2D eigenvalue weighted by molar-refractivity contribution is -0.142. The fourth-order valence-corrected chi connectivity index (χ4v) is 13.5. The highest BCUT2D eigenvalue weighted by Gasteiger charge is 2.54. The van der Waals surface area contributed by atoms with Gasteiger partial charge in [0.1, 0.15) is 108 Å². The summed E-state index contributed by atoms with van der Waals surface area (Å²) in [5.74, 6) is -25.2. The summed E-state index contributed by atoms with van der Waals surface area (Å²) in [7, 11) is 0. The summed E-state index contributed by atoms with van der Waals surface area (Å²) >= 11 is 0. The van der Waals surface area contributed by atoms with Gasteiger partial charge in [-0.3, -0.25) is 96.5 Å². The van der Waals surface area contributed by atoms with Crippen LogP contribution in [0.25, 0.3) is 0 Å². The second-order valence-electron chi connectivity index (χ2n) is 32.0. The summed E-state index contributed by atoms with van der Waals surface area (Å²) in [5.41, 5.74) is 15.1. The molecule has 4 aromatic rings. The van der Waals surface area contributed by atoms with Crippen LogP contribution in [0.15, 0.2) is 67.1 Å². The molecular weight excluding hydrogens is 1750 g/mol. The second-order valence-corrected chi connectivity index (χ2v) is 32.0. The highest BCUT2D eigenvalue weighted by molar-refractivity contribution is 6.04. The first kappa shape index (κ1) is 106. The molecule has 722 valence electrons. The minimum atomic E-state index is -1.97. The molecule has 1 spiro atoms. The summed E-state index contributed by atoms with van der Waals surface area (Å²) in [6.45, 7) is 12.5. The quantitative estimate of drug-likeness (QED) is 0.00847. The van der Waals surface area contributed by atoms with Crippen molar-refractivity contribution in [3.05, 3.63) is 101 Å². The average Bonchev–Trinajstić information content (AvgIpc) is 1.57. The minimum Gasteiger partial charge on any atom is -0.508 e. The van der Waals surface area contributed by atoms with Crippen molar-refractivity contribution < 1.29 is 136 Å². The molecule has 29 N–H and O–H groups in total. The number of nitrogens with one attached hydrogen (secondary N) is 18. The number of guanidine groups is 1. The van der Waals surface area contributed by atoms with Crippen molar-refractivity contribution in [2.24, 2.45) is 29.0 Å². The van der Waals surface area contributed by atoms with Gasteiger partial charge in [0.05, 0.1) is 30.6 Å². The van der Waals surface area contributed by atoms with Crippen LogP contribution in [0.5, 0.6) is 23.0 Å². The number of carboxylic acids is 3. The van der Waals surface area contributed by atoms with Crippen LogP contribution in [0.2, 0.25) is 0 Å². The van der Waals surface area contributed by atoms with Crippen LogP contribution in [0.3, 0.4) is 0 Å². The molecule has 50 nitrogen and oxygen atoms in total. The Kier molecular flexibility index (Phi) is 38.9. The van der Waals surface area contributed by atoms with Gasteiger partial charge in [0.15, 0.2) is 11.6 Å². The lowest BCUT2D eigenvalue weighted by Crippen LogP contribution is -2.61. The molecule has 50 heteroatoms. The molecular formula is C83H112N22O28. The zero-order valence-electron chi connectivity index (χ0n) is 74.1. The maximum absolute atomic E-state index is 14.3. The third-order valence-corrected chi connectivity index (χ3v) is 21.1. The Bertz CT molecular complexity index is 5030. The van der Waals surface area contributed by atoms with Gasteiger partial charge in [-0.05, 0) is 128 Å². The number of aromatic amines is 1. The highest BCUT2D eigenvalue weighted by atomic mass is 16.6. The molecule has 2 aliphatic heterocycles. The summed E-state index contributed by atoms with van der Waals surface area (Å²) in [5, 5.41) is 94.5. The predicted octanol–water partition coefficient (Wildman–Crippen LogP) is -5.81. The molecule has 3 heterocycles. The number of esters is 1. The Morgan fingerprint density at radius 1 is 0.459 bits per heavy atom. The Labute approximate surface area is 759 Å². The number of ether oxygens (including phenoxy) is 2. The minimum absolute atomic E-state index is 0.0313.